The van der Waals surface area contributed by atoms with Gasteiger partial charge in [-0.25, -0.2) is 4.68 Å². The molecule has 1 heterocycles. The van der Waals surface area contributed by atoms with E-state index in [9.17, 15) is 9.59 Å². The summed E-state index contributed by atoms with van der Waals surface area (Å²) < 4.78 is 1.60. The Morgan fingerprint density at radius 3 is 2.36 bits per heavy atom. The van der Waals surface area contributed by atoms with Crippen LogP contribution in [0, 0.1) is 12.8 Å². The van der Waals surface area contributed by atoms with Gasteiger partial charge in [-0.05, 0) is 42.5 Å². The number of benzene rings is 3. The molecule has 0 spiro atoms. The van der Waals surface area contributed by atoms with E-state index >= 15 is 0 Å². The molecule has 0 unspecified atom stereocenters. The summed E-state index contributed by atoms with van der Waals surface area (Å²) in [5.74, 6) is 0.0668. The predicted octanol–water partition coefficient (Wildman–Crippen LogP) is 4.67. The number of nitrogens with one attached hydrogen (secondary N) is 1. The average Bonchev–Trinajstić information content (AvgIpc) is 3.28. The number of hydrogen-bond donors (Lipinski definition) is 1. The third-order valence-electron chi connectivity index (χ3n) is 6.20. The van der Waals surface area contributed by atoms with E-state index in [0.717, 1.165) is 34.1 Å². The van der Waals surface area contributed by atoms with Crippen LogP contribution >= 0.6 is 0 Å². The van der Waals surface area contributed by atoms with E-state index in [-0.39, 0.29) is 18.4 Å². The largest absolute Gasteiger partial charge is 0.354 e. The van der Waals surface area contributed by atoms with Crippen molar-refractivity contribution in [3.8, 4) is 0 Å². The number of hydrogen-bond acceptors (Lipinski definition) is 4. The minimum absolute atomic E-state index is 0.0189. The van der Waals surface area contributed by atoms with Gasteiger partial charge in [-0.2, -0.15) is 0 Å². The first-order chi connectivity index (χ1) is 17.4. The summed E-state index contributed by atoms with van der Waals surface area (Å²) in [5, 5.41) is 11.5. The van der Waals surface area contributed by atoms with Gasteiger partial charge in [0.15, 0.2) is 0 Å². The molecule has 1 atom stereocenters. The number of nitrogens with zero attached hydrogens (tertiary/aromatic N) is 4. The van der Waals surface area contributed by atoms with E-state index in [1.165, 1.54) is 0 Å². The molecule has 0 aliphatic heterocycles. The number of fused-ring (bicyclic) bond motifs is 1. The molecule has 0 fully saturated rings. The molecule has 4 rings (SSSR count). The summed E-state index contributed by atoms with van der Waals surface area (Å²) in [5.41, 5.74) is 4.31. The second-order valence-electron chi connectivity index (χ2n) is 9.53. The molecule has 2 amide bonds. The van der Waals surface area contributed by atoms with E-state index in [4.69, 9.17) is 0 Å². The zero-order chi connectivity index (χ0) is 25.5. The van der Waals surface area contributed by atoms with Crippen LogP contribution in [0.5, 0.6) is 0 Å². The average molecular weight is 484 g/mol. The van der Waals surface area contributed by atoms with Crippen molar-refractivity contribution < 1.29 is 9.59 Å². The van der Waals surface area contributed by atoms with Crippen molar-refractivity contribution in [2.24, 2.45) is 5.92 Å². The Balaban J connectivity index is 1.70. The van der Waals surface area contributed by atoms with Gasteiger partial charge >= 0.3 is 0 Å². The molecule has 0 saturated carbocycles. The molecule has 1 N–H and O–H groups in total. The third-order valence-corrected chi connectivity index (χ3v) is 6.20. The highest BCUT2D eigenvalue weighted by molar-refractivity contribution is 5.89. The number of rotatable bonds is 10. The van der Waals surface area contributed by atoms with Gasteiger partial charge in [0.1, 0.15) is 18.1 Å². The highest BCUT2D eigenvalue weighted by Gasteiger charge is 2.32. The molecular formula is C29H33N5O2. The van der Waals surface area contributed by atoms with Crippen LogP contribution in [0.1, 0.15) is 43.0 Å². The monoisotopic (exact) mass is 483 g/mol. The van der Waals surface area contributed by atoms with Crippen molar-refractivity contribution in [2.45, 2.75) is 46.3 Å². The van der Waals surface area contributed by atoms with Crippen LogP contribution in [0.2, 0.25) is 0 Å². The van der Waals surface area contributed by atoms with Crippen molar-refractivity contribution in [3.63, 3.8) is 0 Å². The molecule has 3 aromatic carbocycles. The Kier molecular flexibility index (Phi) is 8.10. The number of carbonyl (C=O) groups excluding carboxylic acids is 2. The first-order valence-corrected chi connectivity index (χ1v) is 12.4. The van der Waals surface area contributed by atoms with Gasteiger partial charge in [-0.3, -0.25) is 9.59 Å². The Morgan fingerprint density at radius 1 is 0.944 bits per heavy atom. The molecular weight excluding hydrogens is 450 g/mol. The summed E-state index contributed by atoms with van der Waals surface area (Å²) >= 11 is 0. The maximum Gasteiger partial charge on any atom is 0.247 e. The molecule has 4 aromatic rings. The Bertz CT molecular complexity index is 1300. The Morgan fingerprint density at radius 2 is 1.64 bits per heavy atom. The van der Waals surface area contributed by atoms with E-state index in [2.05, 4.69) is 29.5 Å². The van der Waals surface area contributed by atoms with Gasteiger partial charge in [-0.15, -0.1) is 5.10 Å². The second-order valence-corrected chi connectivity index (χ2v) is 9.53. The standard InChI is InChI=1S/C29H33N5O2/c1-21(2)17-18-30-29(36)28(24-15-13-22(3)14-16-24)33(19-23-9-5-4-6-10-23)27(35)20-34-26-12-8-7-11-25(26)31-32-34/h4-16,21,28H,17-20H2,1-3H3,(H,30,36)/t28-/m0/s1. The molecule has 1 aromatic heterocycles. The molecule has 0 aliphatic carbocycles. The lowest BCUT2D eigenvalue weighted by Crippen LogP contribution is -2.45. The van der Waals surface area contributed by atoms with Crippen molar-refractivity contribution in [2.75, 3.05) is 6.54 Å². The Labute approximate surface area is 212 Å². The summed E-state index contributed by atoms with van der Waals surface area (Å²) in [6, 6.07) is 24.3. The smallest absolute Gasteiger partial charge is 0.247 e. The SMILES string of the molecule is Cc1ccc([C@@H](C(=O)NCCC(C)C)N(Cc2ccccc2)C(=O)Cn2nnc3ccccc32)cc1. The second kappa shape index (κ2) is 11.6. The van der Waals surface area contributed by atoms with E-state index < -0.39 is 6.04 Å². The van der Waals surface area contributed by atoms with Crippen LogP contribution in [0.25, 0.3) is 11.0 Å². The third kappa shape index (κ3) is 6.16. The number of aryl methyl sites for hydroxylation is 1. The van der Waals surface area contributed by atoms with Crippen molar-refractivity contribution in [1.29, 1.82) is 0 Å². The van der Waals surface area contributed by atoms with Gasteiger partial charge in [0.25, 0.3) is 0 Å². The van der Waals surface area contributed by atoms with Crippen LogP contribution in [-0.4, -0.2) is 38.3 Å². The van der Waals surface area contributed by atoms with Crippen molar-refractivity contribution >= 4 is 22.8 Å². The molecule has 0 radical (unpaired) electrons. The summed E-state index contributed by atoms with van der Waals surface area (Å²) in [6.45, 7) is 7.08. The fraction of sp³-hybridized carbons (Fsp3) is 0.310. The van der Waals surface area contributed by atoms with Gasteiger partial charge in [0.2, 0.25) is 11.8 Å². The van der Waals surface area contributed by atoms with Gasteiger partial charge < -0.3 is 10.2 Å². The molecule has 186 valence electrons. The van der Waals surface area contributed by atoms with Gasteiger partial charge in [0, 0.05) is 13.1 Å². The van der Waals surface area contributed by atoms with Crippen LogP contribution in [0.3, 0.4) is 0 Å². The van der Waals surface area contributed by atoms with Gasteiger partial charge in [0.05, 0.1) is 5.52 Å². The molecule has 36 heavy (non-hydrogen) atoms. The van der Waals surface area contributed by atoms with E-state index in [1.807, 2.05) is 85.8 Å². The van der Waals surface area contributed by atoms with E-state index in [1.54, 1.807) is 9.58 Å². The fourth-order valence-corrected chi connectivity index (χ4v) is 4.16. The first-order valence-electron chi connectivity index (χ1n) is 12.4. The van der Waals surface area contributed by atoms with Crippen molar-refractivity contribution in [3.05, 3.63) is 95.6 Å². The summed E-state index contributed by atoms with van der Waals surface area (Å²) in [7, 11) is 0. The van der Waals surface area contributed by atoms with Crippen LogP contribution in [-0.2, 0) is 22.7 Å². The molecule has 0 aliphatic rings. The van der Waals surface area contributed by atoms with Crippen LogP contribution in [0.4, 0.5) is 0 Å². The minimum Gasteiger partial charge on any atom is -0.354 e. The highest BCUT2D eigenvalue weighted by atomic mass is 16.2. The number of carbonyl (C=O) groups is 2. The maximum absolute atomic E-state index is 13.9. The molecule has 7 nitrogen and oxygen atoms in total. The van der Waals surface area contributed by atoms with Crippen molar-refractivity contribution in [1.82, 2.24) is 25.2 Å². The van der Waals surface area contributed by atoms with Crippen LogP contribution in [0.15, 0.2) is 78.9 Å². The minimum atomic E-state index is -0.778. The lowest BCUT2D eigenvalue weighted by molar-refractivity contribution is -0.142. The zero-order valence-corrected chi connectivity index (χ0v) is 21.1. The molecule has 0 bridgehead atoms. The Hall–Kier alpha value is -4.00. The summed E-state index contributed by atoms with van der Waals surface area (Å²) in [4.78, 5) is 29.2. The maximum atomic E-state index is 13.9. The molecule has 7 heteroatoms. The zero-order valence-electron chi connectivity index (χ0n) is 21.1. The van der Waals surface area contributed by atoms with E-state index in [0.29, 0.717) is 19.0 Å². The normalized spacial score (nSPS) is 12.0. The quantitative estimate of drug-likeness (QED) is 0.355. The number of para-hydroxylation sites is 1. The number of amides is 2. The first kappa shape index (κ1) is 25.1. The lowest BCUT2D eigenvalue weighted by atomic mass is 10.0. The predicted molar refractivity (Wildman–Crippen MR) is 141 cm³/mol. The fourth-order valence-electron chi connectivity index (χ4n) is 4.16. The van der Waals surface area contributed by atoms with Crippen LogP contribution < -0.4 is 5.32 Å². The molecule has 0 saturated heterocycles. The van der Waals surface area contributed by atoms with Gasteiger partial charge in [-0.1, -0.05) is 91.4 Å². The highest BCUT2D eigenvalue weighted by Crippen LogP contribution is 2.25. The lowest BCUT2D eigenvalue weighted by Gasteiger charge is -2.32. The summed E-state index contributed by atoms with van der Waals surface area (Å²) in [6.07, 6.45) is 0.865. The topological polar surface area (TPSA) is 80.1 Å². The number of aromatic nitrogens is 3.